The van der Waals surface area contributed by atoms with Gasteiger partial charge in [-0.3, -0.25) is 0 Å². The first-order valence-corrected chi connectivity index (χ1v) is 5.81. The molecule has 0 aromatic rings. The van der Waals surface area contributed by atoms with E-state index >= 15 is 0 Å². The van der Waals surface area contributed by atoms with E-state index in [1.165, 1.54) is 0 Å². The van der Waals surface area contributed by atoms with Gasteiger partial charge in [-0.25, -0.2) is 0 Å². The Balaban J connectivity index is 2.60. The van der Waals surface area contributed by atoms with Gasteiger partial charge in [-0.15, -0.1) is 0 Å². The minimum Gasteiger partial charge on any atom is -0.394 e. The van der Waals surface area contributed by atoms with E-state index in [0.29, 0.717) is 0 Å². The molecule has 0 aromatic heterocycles. The molecule has 1 saturated heterocycles. The van der Waals surface area contributed by atoms with Crippen LogP contribution in [0, 0.1) is 0 Å². The van der Waals surface area contributed by atoms with E-state index in [9.17, 15) is 25.5 Å². The van der Waals surface area contributed by atoms with Gasteiger partial charge in [0.25, 0.3) is 0 Å². The lowest BCUT2D eigenvalue weighted by Gasteiger charge is -2.37. The number of rotatable bonds is 6. The molecule has 0 saturated carbocycles. The average Bonchev–Trinajstić information content (AvgIpc) is 2.42. The van der Waals surface area contributed by atoms with Crippen LogP contribution in [0.25, 0.3) is 0 Å². The van der Waals surface area contributed by atoms with E-state index in [0.717, 1.165) is 0 Å². The molecule has 1 heterocycles. The maximum absolute atomic E-state index is 9.59. The molecule has 19 heavy (non-hydrogen) atoms. The molecule has 1 rings (SSSR count). The summed E-state index contributed by atoms with van der Waals surface area (Å²) in [5, 5.41) is 64.8. The van der Waals surface area contributed by atoms with Crippen LogP contribution in [0.5, 0.6) is 0 Å². The first-order chi connectivity index (χ1) is 8.92. The van der Waals surface area contributed by atoms with Crippen molar-refractivity contribution in [3.8, 4) is 0 Å². The predicted molar refractivity (Wildman–Crippen MR) is 58.8 cm³/mol. The van der Waals surface area contributed by atoms with Crippen molar-refractivity contribution in [3.63, 3.8) is 0 Å². The number of hydrogen-bond donors (Lipinski definition) is 7. The van der Waals surface area contributed by atoms with Crippen LogP contribution in [-0.2, 0) is 9.47 Å². The van der Waals surface area contributed by atoms with Crippen LogP contribution in [0.3, 0.4) is 0 Å². The SMILES string of the molecule is OC[C@H](O)[C@@H](O)[C@@H](CO)O[C@@H]1OC[C@@H](O)[C@H](O)[C@H]1O. The van der Waals surface area contributed by atoms with Crippen LogP contribution >= 0.6 is 0 Å². The highest BCUT2D eigenvalue weighted by Crippen LogP contribution is 2.19. The predicted octanol–water partition coefficient (Wildman–Crippen LogP) is -4.48. The van der Waals surface area contributed by atoms with E-state index < -0.39 is 56.1 Å². The molecule has 7 atom stereocenters. The van der Waals surface area contributed by atoms with Crippen molar-refractivity contribution < 1.29 is 45.2 Å². The molecule has 0 amide bonds. The molecule has 1 aliphatic rings. The van der Waals surface area contributed by atoms with Crippen LogP contribution in [0.15, 0.2) is 0 Å². The molecule has 0 radical (unpaired) electrons. The van der Waals surface area contributed by atoms with Crippen molar-refractivity contribution in [2.75, 3.05) is 19.8 Å². The van der Waals surface area contributed by atoms with Gasteiger partial charge in [0.2, 0.25) is 0 Å². The number of aliphatic hydroxyl groups is 7. The largest absolute Gasteiger partial charge is 0.394 e. The van der Waals surface area contributed by atoms with Gasteiger partial charge >= 0.3 is 0 Å². The fraction of sp³-hybridized carbons (Fsp3) is 1.00. The molecule has 0 bridgehead atoms. The third-order valence-corrected chi connectivity index (χ3v) is 2.91. The van der Waals surface area contributed by atoms with Gasteiger partial charge < -0.3 is 45.2 Å². The lowest BCUT2D eigenvalue weighted by atomic mass is 10.0. The number of hydrogen-bond acceptors (Lipinski definition) is 9. The minimum atomic E-state index is -1.60. The van der Waals surface area contributed by atoms with Crippen molar-refractivity contribution in [2.45, 2.75) is 42.9 Å². The summed E-state index contributed by atoms with van der Waals surface area (Å²) < 4.78 is 9.96. The average molecular weight is 284 g/mol. The Bertz CT molecular complexity index is 259. The number of aliphatic hydroxyl groups excluding tert-OH is 7. The summed E-state index contributed by atoms with van der Waals surface area (Å²) in [6.45, 7) is -1.74. The van der Waals surface area contributed by atoms with Gasteiger partial charge in [0.05, 0.1) is 19.8 Å². The molecule has 1 aliphatic heterocycles. The summed E-state index contributed by atoms with van der Waals surface area (Å²) in [4.78, 5) is 0. The van der Waals surface area contributed by atoms with E-state index in [1.54, 1.807) is 0 Å². The van der Waals surface area contributed by atoms with Crippen molar-refractivity contribution in [1.29, 1.82) is 0 Å². The van der Waals surface area contributed by atoms with Gasteiger partial charge in [0.15, 0.2) is 6.29 Å². The second-order valence-corrected chi connectivity index (χ2v) is 4.35. The molecule has 1 fully saturated rings. The maximum atomic E-state index is 9.59. The van der Waals surface area contributed by atoms with E-state index in [4.69, 9.17) is 19.7 Å². The van der Waals surface area contributed by atoms with Crippen LogP contribution < -0.4 is 0 Å². The van der Waals surface area contributed by atoms with E-state index in [2.05, 4.69) is 0 Å². The Morgan fingerprint density at radius 1 is 1.05 bits per heavy atom. The highest BCUT2D eigenvalue weighted by Gasteiger charge is 2.40. The minimum absolute atomic E-state index is 0.292. The molecule has 0 aromatic carbocycles. The Morgan fingerprint density at radius 2 is 1.68 bits per heavy atom. The lowest BCUT2D eigenvalue weighted by Crippen LogP contribution is -2.56. The molecular weight excluding hydrogens is 264 g/mol. The molecule has 9 heteroatoms. The van der Waals surface area contributed by atoms with Gasteiger partial charge in [-0.1, -0.05) is 0 Å². The summed E-state index contributed by atoms with van der Waals surface area (Å²) in [6.07, 6.45) is -10.2. The van der Waals surface area contributed by atoms with Crippen LogP contribution in [-0.4, -0.2) is 98.5 Å². The maximum Gasteiger partial charge on any atom is 0.186 e. The first-order valence-electron chi connectivity index (χ1n) is 5.81. The fourth-order valence-electron chi connectivity index (χ4n) is 1.66. The molecule has 9 nitrogen and oxygen atoms in total. The summed E-state index contributed by atoms with van der Waals surface area (Å²) in [7, 11) is 0. The highest BCUT2D eigenvalue weighted by molar-refractivity contribution is 4.84. The fourth-order valence-corrected chi connectivity index (χ4v) is 1.66. The molecule has 7 N–H and O–H groups in total. The third kappa shape index (κ3) is 4.05. The van der Waals surface area contributed by atoms with Crippen molar-refractivity contribution in [1.82, 2.24) is 0 Å². The zero-order chi connectivity index (χ0) is 14.6. The molecular formula is C10H20O9. The van der Waals surface area contributed by atoms with E-state index in [-0.39, 0.29) is 6.61 Å². The molecule has 0 unspecified atom stereocenters. The van der Waals surface area contributed by atoms with Crippen molar-refractivity contribution in [3.05, 3.63) is 0 Å². The summed E-state index contributed by atoms with van der Waals surface area (Å²) in [5.74, 6) is 0. The smallest absolute Gasteiger partial charge is 0.186 e. The van der Waals surface area contributed by atoms with Crippen LogP contribution in [0.4, 0.5) is 0 Å². The zero-order valence-corrected chi connectivity index (χ0v) is 10.1. The van der Waals surface area contributed by atoms with Crippen LogP contribution in [0.1, 0.15) is 0 Å². The summed E-state index contributed by atoms with van der Waals surface area (Å²) >= 11 is 0. The Hall–Kier alpha value is -0.360. The second kappa shape index (κ2) is 7.43. The number of ether oxygens (including phenoxy) is 2. The van der Waals surface area contributed by atoms with Crippen molar-refractivity contribution in [2.24, 2.45) is 0 Å². The standard InChI is InChI=1S/C10H20O9/c11-1-4(13)7(15)6(2-12)19-10-9(17)8(16)5(14)3-18-10/h4-17H,1-3H2/t4-,5+,6+,7+,8-,9+,10-/m0/s1. The van der Waals surface area contributed by atoms with Gasteiger partial charge in [0, 0.05) is 0 Å². The molecule has 0 spiro atoms. The Kier molecular flexibility index (Phi) is 6.53. The topological polar surface area (TPSA) is 160 Å². The lowest BCUT2D eigenvalue weighted by molar-refractivity contribution is -0.296. The third-order valence-electron chi connectivity index (χ3n) is 2.91. The highest BCUT2D eigenvalue weighted by atomic mass is 16.7. The van der Waals surface area contributed by atoms with Gasteiger partial charge in [-0.2, -0.15) is 0 Å². The van der Waals surface area contributed by atoms with Crippen LogP contribution in [0.2, 0.25) is 0 Å². The van der Waals surface area contributed by atoms with E-state index in [1.807, 2.05) is 0 Å². The molecule has 114 valence electrons. The summed E-state index contributed by atoms with van der Waals surface area (Å²) in [5.41, 5.74) is 0. The Labute approximate surface area is 109 Å². The van der Waals surface area contributed by atoms with Gasteiger partial charge in [0.1, 0.15) is 36.6 Å². The first kappa shape index (κ1) is 16.7. The molecule has 0 aliphatic carbocycles. The monoisotopic (exact) mass is 284 g/mol. The second-order valence-electron chi connectivity index (χ2n) is 4.35. The van der Waals surface area contributed by atoms with Gasteiger partial charge in [-0.05, 0) is 0 Å². The quantitative estimate of drug-likeness (QED) is 0.255. The zero-order valence-electron chi connectivity index (χ0n) is 10.1. The normalized spacial score (nSPS) is 36.8. The van der Waals surface area contributed by atoms with Crippen molar-refractivity contribution >= 4 is 0 Å². The summed E-state index contributed by atoms with van der Waals surface area (Å²) in [6, 6.07) is 0. The Morgan fingerprint density at radius 3 is 2.21 bits per heavy atom.